The highest BCUT2D eigenvalue weighted by molar-refractivity contribution is 9.10. The Morgan fingerprint density at radius 3 is 2.70 bits per heavy atom. The van der Waals surface area contributed by atoms with Crippen molar-refractivity contribution in [2.45, 2.75) is 0 Å². The molecule has 6 heteroatoms. The standard InChI is InChI=1S/C14H9BrN2O3/c15-9-4-5-12(19)11(7-9)14-16-13(17-20-14)8-2-1-3-10(18)6-8/h1-7,18-19H. The van der Waals surface area contributed by atoms with Crippen LogP contribution in [0.5, 0.6) is 11.5 Å². The predicted molar refractivity (Wildman–Crippen MR) is 76.2 cm³/mol. The smallest absolute Gasteiger partial charge is 0.262 e. The van der Waals surface area contributed by atoms with E-state index in [4.69, 9.17) is 4.52 Å². The van der Waals surface area contributed by atoms with Gasteiger partial charge >= 0.3 is 0 Å². The summed E-state index contributed by atoms with van der Waals surface area (Å²) in [5, 5.41) is 23.1. The van der Waals surface area contributed by atoms with Gasteiger partial charge in [-0.3, -0.25) is 0 Å². The molecule has 0 spiro atoms. The van der Waals surface area contributed by atoms with Gasteiger partial charge in [0.2, 0.25) is 5.82 Å². The summed E-state index contributed by atoms with van der Waals surface area (Å²) in [5.74, 6) is 0.732. The molecular weight excluding hydrogens is 324 g/mol. The van der Waals surface area contributed by atoms with Crippen molar-refractivity contribution in [3.05, 3.63) is 46.9 Å². The molecule has 0 fully saturated rings. The van der Waals surface area contributed by atoms with Gasteiger partial charge in [-0.15, -0.1) is 0 Å². The highest BCUT2D eigenvalue weighted by atomic mass is 79.9. The van der Waals surface area contributed by atoms with Crippen LogP contribution in [-0.2, 0) is 0 Å². The fourth-order valence-electron chi connectivity index (χ4n) is 1.77. The zero-order chi connectivity index (χ0) is 14.1. The second-order valence-electron chi connectivity index (χ2n) is 4.13. The van der Waals surface area contributed by atoms with Gasteiger partial charge in [-0.2, -0.15) is 4.98 Å². The molecule has 3 aromatic rings. The predicted octanol–water partition coefficient (Wildman–Crippen LogP) is 3.58. The largest absolute Gasteiger partial charge is 0.508 e. The normalized spacial score (nSPS) is 10.7. The van der Waals surface area contributed by atoms with Gasteiger partial charge in [-0.05, 0) is 30.3 Å². The number of nitrogens with zero attached hydrogens (tertiary/aromatic N) is 2. The van der Waals surface area contributed by atoms with Crippen LogP contribution < -0.4 is 0 Å². The molecular formula is C14H9BrN2O3. The molecule has 0 amide bonds. The summed E-state index contributed by atoms with van der Waals surface area (Å²) in [6.07, 6.45) is 0. The lowest BCUT2D eigenvalue weighted by atomic mass is 10.2. The number of hydrogen-bond donors (Lipinski definition) is 2. The van der Waals surface area contributed by atoms with Crippen molar-refractivity contribution >= 4 is 15.9 Å². The van der Waals surface area contributed by atoms with Gasteiger partial charge in [0.05, 0.1) is 5.56 Å². The topological polar surface area (TPSA) is 79.4 Å². The summed E-state index contributed by atoms with van der Waals surface area (Å²) >= 11 is 3.32. The first kappa shape index (κ1) is 12.7. The minimum absolute atomic E-state index is 0.0549. The molecule has 1 aromatic heterocycles. The molecule has 0 unspecified atom stereocenters. The van der Waals surface area contributed by atoms with E-state index in [1.807, 2.05) is 0 Å². The molecule has 0 aliphatic carbocycles. The van der Waals surface area contributed by atoms with Crippen LogP contribution in [-0.4, -0.2) is 20.4 Å². The van der Waals surface area contributed by atoms with E-state index in [2.05, 4.69) is 26.1 Å². The molecule has 2 N–H and O–H groups in total. The van der Waals surface area contributed by atoms with Gasteiger partial charge in [-0.1, -0.05) is 33.2 Å². The highest BCUT2D eigenvalue weighted by Gasteiger charge is 2.14. The summed E-state index contributed by atoms with van der Waals surface area (Å²) in [5.41, 5.74) is 1.08. The van der Waals surface area contributed by atoms with Crippen LogP contribution in [0, 0.1) is 0 Å². The molecule has 2 aromatic carbocycles. The Kier molecular flexibility index (Phi) is 3.15. The number of aromatic nitrogens is 2. The van der Waals surface area contributed by atoms with E-state index in [0.717, 1.165) is 4.47 Å². The molecule has 0 atom stereocenters. The van der Waals surface area contributed by atoms with Crippen LogP contribution in [0.15, 0.2) is 51.5 Å². The Morgan fingerprint density at radius 1 is 1.05 bits per heavy atom. The number of phenolic OH excluding ortho intramolecular Hbond substituents is 2. The highest BCUT2D eigenvalue weighted by Crippen LogP contribution is 2.32. The zero-order valence-corrected chi connectivity index (χ0v) is 11.7. The van der Waals surface area contributed by atoms with Crippen molar-refractivity contribution in [1.82, 2.24) is 10.1 Å². The van der Waals surface area contributed by atoms with E-state index < -0.39 is 0 Å². The second kappa shape index (κ2) is 4.97. The Bertz CT molecular complexity index is 771. The van der Waals surface area contributed by atoms with Crippen LogP contribution in [0.1, 0.15) is 0 Å². The van der Waals surface area contributed by atoms with Crippen LogP contribution in [0.3, 0.4) is 0 Å². The van der Waals surface area contributed by atoms with E-state index in [1.165, 1.54) is 12.1 Å². The molecule has 0 aliphatic heterocycles. The molecule has 0 saturated heterocycles. The summed E-state index contributed by atoms with van der Waals surface area (Å²) in [6, 6.07) is 11.5. The van der Waals surface area contributed by atoms with Crippen molar-refractivity contribution < 1.29 is 14.7 Å². The van der Waals surface area contributed by atoms with Gasteiger partial charge in [-0.25, -0.2) is 0 Å². The van der Waals surface area contributed by atoms with E-state index in [9.17, 15) is 10.2 Å². The maximum Gasteiger partial charge on any atom is 0.262 e. The molecule has 3 rings (SSSR count). The van der Waals surface area contributed by atoms with E-state index in [0.29, 0.717) is 17.0 Å². The molecule has 0 saturated carbocycles. The number of halogens is 1. The van der Waals surface area contributed by atoms with Crippen molar-refractivity contribution in [1.29, 1.82) is 0 Å². The lowest BCUT2D eigenvalue weighted by Crippen LogP contribution is -1.82. The molecule has 20 heavy (non-hydrogen) atoms. The molecule has 0 radical (unpaired) electrons. The summed E-state index contributed by atoms with van der Waals surface area (Å²) < 4.78 is 5.95. The quantitative estimate of drug-likeness (QED) is 0.749. The Hall–Kier alpha value is -2.34. The van der Waals surface area contributed by atoms with E-state index in [1.54, 1.807) is 30.3 Å². The minimum atomic E-state index is 0.0549. The van der Waals surface area contributed by atoms with E-state index in [-0.39, 0.29) is 17.4 Å². The average molecular weight is 333 g/mol. The number of hydrogen-bond acceptors (Lipinski definition) is 5. The summed E-state index contributed by atoms with van der Waals surface area (Å²) in [4.78, 5) is 4.22. The second-order valence-corrected chi connectivity index (χ2v) is 5.05. The Labute approximate surface area is 122 Å². The zero-order valence-electron chi connectivity index (χ0n) is 10.1. The number of rotatable bonds is 2. The third-order valence-corrected chi connectivity index (χ3v) is 3.21. The summed E-state index contributed by atoms with van der Waals surface area (Å²) in [6.45, 7) is 0. The molecule has 0 aliphatic rings. The maximum atomic E-state index is 9.82. The van der Waals surface area contributed by atoms with Crippen LogP contribution in [0.4, 0.5) is 0 Å². The van der Waals surface area contributed by atoms with Gasteiger partial charge < -0.3 is 14.7 Å². The van der Waals surface area contributed by atoms with Crippen molar-refractivity contribution in [3.63, 3.8) is 0 Å². The van der Waals surface area contributed by atoms with Crippen molar-refractivity contribution in [3.8, 4) is 34.3 Å². The van der Waals surface area contributed by atoms with Crippen LogP contribution >= 0.6 is 15.9 Å². The molecule has 1 heterocycles. The number of phenols is 2. The van der Waals surface area contributed by atoms with Gasteiger partial charge in [0, 0.05) is 10.0 Å². The lowest BCUT2D eigenvalue weighted by Gasteiger charge is -1.99. The fraction of sp³-hybridized carbons (Fsp3) is 0. The molecule has 0 bridgehead atoms. The van der Waals surface area contributed by atoms with Crippen molar-refractivity contribution in [2.24, 2.45) is 0 Å². The van der Waals surface area contributed by atoms with Gasteiger partial charge in [0.15, 0.2) is 0 Å². The lowest BCUT2D eigenvalue weighted by molar-refractivity contribution is 0.425. The summed E-state index contributed by atoms with van der Waals surface area (Å²) in [7, 11) is 0. The minimum Gasteiger partial charge on any atom is -0.508 e. The SMILES string of the molecule is Oc1cccc(-c2noc(-c3cc(Br)ccc3O)n2)c1. The first-order valence-electron chi connectivity index (χ1n) is 5.75. The monoisotopic (exact) mass is 332 g/mol. The third kappa shape index (κ3) is 2.37. The maximum absolute atomic E-state index is 9.82. The molecule has 5 nitrogen and oxygen atoms in total. The number of benzene rings is 2. The Balaban J connectivity index is 2.04. The number of aromatic hydroxyl groups is 2. The molecule has 100 valence electrons. The van der Waals surface area contributed by atoms with Gasteiger partial charge in [0.1, 0.15) is 11.5 Å². The third-order valence-electron chi connectivity index (χ3n) is 2.72. The van der Waals surface area contributed by atoms with E-state index >= 15 is 0 Å². The fourth-order valence-corrected chi connectivity index (χ4v) is 2.14. The van der Waals surface area contributed by atoms with Crippen LogP contribution in [0.2, 0.25) is 0 Å². The first-order valence-corrected chi connectivity index (χ1v) is 6.55. The first-order chi connectivity index (χ1) is 9.63. The Morgan fingerprint density at radius 2 is 1.90 bits per heavy atom. The van der Waals surface area contributed by atoms with Crippen LogP contribution in [0.25, 0.3) is 22.8 Å². The average Bonchev–Trinajstić information content (AvgIpc) is 2.91. The van der Waals surface area contributed by atoms with Crippen molar-refractivity contribution in [2.75, 3.05) is 0 Å². The van der Waals surface area contributed by atoms with Gasteiger partial charge in [0.25, 0.3) is 5.89 Å².